The highest BCUT2D eigenvalue weighted by Gasteiger charge is 2.31. The normalized spacial score (nSPS) is 28.1. The van der Waals surface area contributed by atoms with E-state index in [-0.39, 0.29) is 19.0 Å². The van der Waals surface area contributed by atoms with Crippen molar-refractivity contribution in [2.45, 2.75) is 19.1 Å². The molecule has 1 amide bonds. The fourth-order valence-corrected chi connectivity index (χ4v) is 1.30. The molecule has 14 heavy (non-hydrogen) atoms. The van der Waals surface area contributed by atoms with Crippen LogP contribution in [-0.2, 0) is 4.79 Å². The van der Waals surface area contributed by atoms with E-state index in [2.05, 4.69) is 0 Å². The van der Waals surface area contributed by atoms with Crippen molar-refractivity contribution in [2.75, 3.05) is 13.1 Å². The number of carbonyl (C=O) groups excluding carboxylic acids is 1. The largest absolute Gasteiger partial charge is 0.388 e. The van der Waals surface area contributed by atoms with Crippen LogP contribution >= 0.6 is 0 Å². The number of β-amino-alcohol motifs (C(OH)–C–C–N with tert-alkyl or cyclic N) is 2. The lowest BCUT2D eigenvalue weighted by molar-refractivity contribution is -0.125. The molecule has 0 aromatic carbocycles. The predicted octanol–water partition coefficient (Wildman–Crippen LogP) is -0.317. The van der Waals surface area contributed by atoms with Crippen LogP contribution in [0.5, 0.6) is 0 Å². The van der Waals surface area contributed by atoms with Gasteiger partial charge in [-0.05, 0) is 6.92 Å². The van der Waals surface area contributed by atoms with Gasteiger partial charge in [0.2, 0.25) is 5.91 Å². The van der Waals surface area contributed by atoms with Crippen LogP contribution in [-0.4, -0.2) is 46.3 Å². The number of carbonyl (C=O) groups is 1. The summed E-state index contributed by atoms with van der Waals surface area (Å²) in [6.07, 6.45) is 5.01. The minimum absolute atomic E-state index is 0.182. The number of hydrogen-bond acceptors (Lipinski definition) is 3. The Bertz CT molecular complexity index is 250. The number of aliphatic hydroxyl groups excluding tert-OH is 2. The topological polar surface area (TPSA) is 60.8 Å². The quantitative estimate of drug-likeness (QED) is 0.471. The lowest BCUT2D eigenvalue weighted by atomic mass is 10.3. The first kappa shape index (κ1) is 10.9. The van der Waals surface area contributed by atoms with E-state index in [9.17, 15) is 15.0 Å². The van der Waals surface area contributed by atoms with Crippen LogP contribution in [0.4, 0.5) is 0 Å². The molecule has 0 aromatic rings. The Morgan fingerprint density at radius 3 is 2.36 bits per heavy atom. The standard InChI is InChI=1S/C10H15NO3/c1-2-3-4-5-10(14)11-6-8(12)9(13)7-11/h2-5,8-9,12-13H,6-7H2,1H3/b3-2+,5-4+. The lowest BCUT2D eigenvalue weighted by Crippen LogP contribution is -2.27. The monoisotopic (exact) mass is 197 g/mol. The summed E-state index contributed by atoms with van der Waals surface area (Å²) >= 11 is 0. The van der Waals surface area contributed by atoms with E-state index in [1.54, 1.807) is 12.2 Å². The third-order valence-corrected chi connectivity index (χ3v) is 2.11. The molecule has 4 nitrogen and oxygen atoms in total. The molecule has 2 unspecified atom stereocenters. The molecular weight excluding hydrogens is 182 g/mol. The second-order valence-corrected chi connectivity index (χ2v) is 3.26. The number of likely N-dealkylation sites (tertiary alicyclic amines) is 1. The SMILES string of the molecule is C/C=C/C=C/C(=O)N1CC(O)C(O)C1. The lowest BCUT2D eigenvalue weighted by Gasteiger charge is -2.11. The molecule has 0 spiro atoms. The zero-order valence-corrected chi connectivity index (χ0v) is 8.13. The maximum atomic E-state index is 11.4. The average molecular weight is 197 g/mol. The molecule has 1 heterocycles. The number of rotatable bonds is 2. The molecule has 2 N–H and O–H groups in total. The third kappa shape index (κ3) is 2.68. The second-order valence-electron chi connectivity index (χ2n) is 3.26. The molecule has 1 rings (SSSR count). The van der Waals surface area contributed by atoms with E-state index in [0.717, 1.165) is 0 Å². The zero-order valence-electron chi connectivity index (χ0n) is 8.13. The van der Waals surface area contributed by atoms with Gasteiger partial charge in [-0.25, -0.2) is 0 Å². The summed E-state index contributed by atoms with van der Waals surface area (Å²) in [6, 6.07) is 0. The van der Waals surface area contributed by atoms with Gasteiger partial charge in [0.05, 0.1) is 12.2 Å². The van der Waals surface area contributed by atoms with Gasteiger partial charge in [-0.15, -0.1) is 0 Å². The van der Waals surface area contributed by atoms with Gasteiger partial charge in [0, 0.05) is 19.2 Å². The zero-order chi connectivity index (χ0) is 10.6. The van der Waals surface area contributed by atoms with Gasteiger partial charge in [0.1, 0.15) is 0 Å². The maximum absolute atomic E-state index is 11.4. The van der Waals surface area contributed by atoms with Gasteiger partial charge < -0.3 is 15.1 Å². The molecule has 4 heteroatoms. The number of amides is 1. The summed E-state index contributed by atoms with van der Waals surface area (Å²) in [5, 5.41) is 18.4. The molecule has 0 radical (unpaired) electrons. The number of nitrogens with zero attached hydrogens (tertiary/aromatic N) is 1. The smallest absolute Gasteiger partial charge is 0.246 e. The first-order chi connectivity index (χ1) is 6.65. The Balaban J connectivity index is 2.47. The second kappa shape index (κ2) is 4.93. The Hall–Kier alpha value is -1.13. The summed E-state index contributed by atoms with van der Waals surface area (Å²) in [6.45, 7) is 2.28. The van der Waals surface area contributed by atoms with Crippen LogP contribution < -0.4 is 0 Å². The molecule has 0 aliphatic carbocycles. The minimum atomic E-state index is -0.811. The van der Waals surface area contributed by atoms with Crippen molar-refractivity contribution in [1.82, 2.24) is 4.90 Å². The number of allylic oxidation sites excluding steroid dienone is 3. The maximum Gasteiger partial charge on any atom is 0.246 e. The van der Waals surface area contributed by atoms with Crippen LogP contribution in [0.3, 0.4) is 0 Å². The highest BCUT2D eigenvalue weighted by molar-refractivity contribution is 5.88. The van der Waals surface area contributed by atoms with Crippen molar-refractivity contribution in [3.63, 3.8) is 0 Å². The number of hydrogen-bond donors (Lipinski definition) is 2. The Kier molecular flexibility index (Phi) is 3.85. The van der Waals surface area contributed by atoms with Crippen LogP contribution in [0.15, 0.2) is 24.3 Å². The Morgan fingerprint density at radius 2 is 1.86 bits per heavy atom. The van der Waals surface area contributed by atoms with Crippen molar-refractivity contribution in [3.8, 4) is 0 Å². The van der Waals surface area contributed by atoms with Crippen LogP contribution in [0.2, 0.25) is 0 Å². The van der Waals surface area contributed by atoms with Crippen molar-refractivity contribution in [3.05, 3.63) is 24.3 Å². The van der Waals surface area contributed by atoms with E-state index >= 15 is 0 Å². The minimum Gasteiger partial charge on any atom is -0.388 e. The summed E-state index contributed by atoms with van der Waals surface area (Å²) in [7, 11) is 0. The van der Waals surface area contributed by atoms with E-state index in [1.165, 1.54) is 11.0 Å². The van der Waals surface area contributed by atoms with Gasteiger partial charge in [0.15, 0.2) is 0 Å². The summed E-state index contributed by atoms with van der Waals surface area (Å²) in [5.74, 6) is -0.182. The molecule has 78 valence electrons. The van der Waals surface area contributed by atoms with E-state index < -0.39 is 12.2 Å². The third-order valence-electron chi connectivity index (χ3n) is 2.11. The first-order valence-corrected chi connectivity index (χ1v) is 4.59. The van der Waals surface area contributed by atoms with Crippen molar-refractivity contribution in [2.24, 2.45) is 0 Å². The van der Waals surface area contributed by atoms with Gasteiger partial charge in [-0.3, -0.25) is 4.79 Å². The van der Waals surface area contributed by atoms with Crippen LogP contribution in [0.1, 0.15) is 6.92 Å². The summed E-state index contributed by atoms with van der Waals surface area (Å²) in [4.78, 5) is 12.8. The van der Waals surface area contributed by atoms with Gasteiger partial charge in [-0.2, -0.15) is 0 Å². The van der Waals surface area contributed by atoms with Crippen molar-refractivity contribution < 1.29 is 15.0 Å². The molecular formula is C10H15NO3. The van der Waals surface area contributed by atoms with Gasteiger partial charge >= 0.3 is 0 Å². The Morgan fingerprint density at radius 1 is 1.29 bits per heavy atom. The van der Waals surface area contributed by atoms with Gasteiger partial charge in [0.25, 0.3) is 0 Å². The molecule has 0 bridgehead atoms. The molecule has 1 aliphatic rings. The molecule has 1 aliphatic heterocycles. The van der Waals surface area contributed by atoms with E-state index in [0.29, 0.717) is 0 Å². The fraction of sp³-hybridized carbons (Fsp3) is 0.500. The van der Waals surface area contributed by atoms with Crippen molar-refractivity contribution in [1.29, 1.82) is 0 Å². The predicted molar refractivity (Wildman–Crippen MR) is 52.5 cm³/mol. The van der Waals surface area contributed by atoms with E-state index in [1.807, 2.05) is 13.0 Å². The summed E-state index contributed by atoms with van der Waals surface area (Å²) in [5.41, 5.74) is 0. The van der Waals surface area contributed by atoms with Crippen LogP contribution in [0, 0.1) is 0 Å². The van der Waals surface area contributed by atoms with Crippen molar-refractivity contribution >= 4 is 5.91 Å². The molecule has 0 aromatic heterocycles. The number of aliphatic hydroxyl groups is 2. The molecule has 0 saturated carbocycles. The summed E-state index contributed by atoms with van der Waals surface area (Å²) < 4.78 is 0. The van der Waals surface area contributed by atoms with E-state index in [4.69, 9.17) is 0 Å². The Labute approximate surface area is 83.1 Å². The van der Waals surface area contributed by atoms with Crippen LogP contribution in [0.25, 0.3) is 0 Å². The molecule has 1 fully saturated rings. The molecule has 1 saturated heterocycles. The highest BCUT2D eigenvalue weighted by atomic mass is 16.3. The highest BCUT2D eigenvalue weighted by Crippen LogP contribution is 2.10. The first-order valence-electron chi connectivity index (χ1n) is 4.59. The fourth-order valence-electron chi connectivity index (χ4n) is 1.30. The molecule has 2 atom stereocenters. The van der Waals surface area contributed by atoms with Gasteiger partial charge in [-0.1, -0.05) is 18.2 Å². The average Bonchev–Trinajstić information content (AvgIpc) is 2.47.